The van der Waals surface area contributed by atoms with Crippen molar-refractivity contribution in [2.45, 2.75) is 83.7 Å². The highest BCUT2D eigenvalue weighted by molar-refractivity contribution is 7.79. The maximum atomic E-state index is 14.3. The molecule has 2 atom stereocenters. The van der Waals surface area contributed by atoms with Gasteiger partial charge in [0.25, 0.3) is 5.91 Å². The van der Waals surface area contributed by atoms with E-state index in [4.69, 9.17) is 14.5 Å². The molecule has 1 spiro atoms. The van der Waals surface area contributed by atoms with E-state index in [0.717, 1.165) is 29.5 Å². The predicted octanol–water partition coefficient (Wildman–Crippen LogP) is 6.19. The number of rotatable bonds is 12. The van der Waals surface area contributed by atoms with Gasteiger partial charge in [-0.3, -0.25) is 9.59 Å². The smallest absolute Gasteiger partial charge is 0.254 e. The first-order chi connectivity index (χ1) is 21.8. The Kier molecular flexibility index (Phi) is 9.95. The third-order valence-corrected chi connectivity index (χ3v) is 9.53. The third-order valence-electron chi connectivity index (χ3n) is 8.87. The van der Waals surface area contributed by atoms with Crippen LogP contribution in [-0.2, 0) is 20.6 Å². The molecule has 0 saturated heterocycles. The van der Waals surface area contributed by atoms with E-state index < -0.39 is 11.1 Å². The van der Waals surface area contributed by atoms with Crippen molar-refractivity contribution in [3.8, 4) is 17.1 Å². The van der Waals surface area contributed by atoms with E-state index in [2.05, 4.69) is 31.1 Å². The second kappa shape index (κ2) is 13.6. The van der Waals surface area contributed by atoms with Crippen LogP contribution in [0.4, 0.5) is 5.95 Å². The number of carbonyl (C=O) groups excluding carboxylic acids is 2. The number of amides is 1. The summed E-state index contributed by atoms with van der Waals surface area (Å²) < 4.78 is 33.3. The highest BCUT2D eigenvalue weighted by Crippen LogP contribution is 2.56. The molecule has 1 amide bonds. The van der Waals surface area contributed by atoms with Gasteiger partial charge in [-0.05, 0) is 73.3 Å². The van der Waals surface area contributed by atoms with Crippen molar-refractivity contribution in [2.24, 2.45) is 10.8 Å². The fraction of sp³-hybridized carbons (Fsp3) is 0.486. The summed E-state index contributed by atoms with van der Waals surface area (Å²) in [6.07, 6.45) is 3.24. The van der Waals surface area contributed by atoms with E-state index in [1.807, 2.05) is 43.0 Å². The van der Waals surface area contributed by atoms with Crippen molar-refractivity contribution in [3.05, 3.63) is 65.2 Å². The number of aryl methyl sites for hydroxylation is 2. The Labute approximate surface area is 273 Å². The molecule has 2 aromatic carbocycles. The maximum Gasteiger partial charge on any atom is 0.254 e. The first kappa shape index (κ1) is 33.7. The molecule has 1 unspecified atom stereocenters. The van der Waals surface area contributed by atoms with Crippen molar-refractivity contribution >= 4 is 28.7 Å². The van der Waals surface area contributed by atoms with E-state index in [1.165, 1.54) is 12.1 Å². The summed E-state index contributed by atoms with van der Waals surface area (Å²) in [7, 11) is 1.58. The minimum absolute atomic E-state index is 0.0310. The van der Waals surface area contributed by atoms with Crippen LogP contribution in [0.1, 0.15) is 74.4 Å². The number of anilines is 1. The van der Waals surface area contributed by atoms with Gasteiger partial charge in [-0.25, -0.2) is 9.19 Å². The first-order valence-corrected chi connectivity index (χ1v) is 16.7. The molecular weight excluding hydrogens is 604 g/mol. The molecule has 2 aliphatic carbocycles. The van der Waals surface area contributed by atoms with Crippen molar-refractivity contribution in [1.82, 2.24) is 14.9 Å². The zero-order valence-corrected chi connectivity index (χ0v) is 28.3. The van der Waals surface area contributed by atoms with Crippen molar-refractivity contribution in [2.75, 3.05) is 25.8 Å². The van der Waals surface area contributed by atoms with Crippen LogP contribution in [0.15, 0.2) is 53.4 Å². The van der Waals surface area contributed by atoms with Gasteiger partial charge >= 0.3 is 0 Å². The monoisotopic (exact) mass is 648 g/mol. The standard InChI is InChI=1S/C35H44N4O6S/c1-22-9-7-10-23(2)31(22)29-14-30(38-33(37-29)36-21-44-6)45-20-26(15-34(3,4)5)39(25-16-35(17-25)18-27(40)19-35)32(41)24-11-8-12-28(13-24)46(42)43/h7-14,25-26H,15-21H2,1-6H3,(H,42,43)(H,36,37,38)/t26-/m1/s1. The summed E-state index contributed by atoms with van der Waals surface area (Å²) in [5.41, 5.74) is 4.01. The summed E-state index contributed by atoms with van der Waals surface area (Å²) in [5, 5.41) is 3.09. The SMILES string of the molecule is COCNc1nc(OC[C@@H](CC(C)(C)C)N(C(=O)c2cccc(S(=O)O)c2)C2CC3(CC(=O)C3)C2)cc(-c2c(C)cccc2C)n1. The van der Waals surface area contributed by atoms with Crippen molar-refractivity contribution in [3.63, 3.8) is 0 Å². The molecule has 2 N–H and O–H groups in total. The number of ketones is 1. The van der Waals surface area contributed by atoms with Crippen molar-refractivity contribution < 1.29 is 27.8 Å². The number of hydrogen-bond donors (Lipinski definition) is 2. The van der Waals surface area contributed by atoms with Gasteiger partial charge in [0.2, 0.25) is 11.8 Å². The summed E-state index contributed by atoms with van der Waals surface area (Å²) in [4.78, 5) is 37.7. The minimum atomic E-state index is -2.22. The van der Waals surface area contributed by atoms with Gasteiger partial charge in [0.1, 0.15) is 19.1 Å². The number of aromatic nitrogens is 2. The number of hydrogen-bond acceptors (Lipinski definition) is 8. The van der Waals surface area contributed by atoms with Gasteiger partial charge in [-0.1, -0.05) is 45.0 Å². The average Bonchev–Trinajstić information content (AvgIpc) is 2.96. The van der Waals surface area contributed by atoms with Crippen LogP contribution < -0.4 is 10.1 Å². The lowest BCUT2D eigenvalue weighted by molar-refractivity contribution is -0.143. The lowest BCUT2D eigenvalue weighted by Gasteiger charge is -2.57. The molecule has 0 aliphatic heterocycles. The molecule has 0 radical (unpaired) electrons. The Hall–Kier alpha value is -3.67. The average molecular weight is 649 g/mol. The van der Waals surface area contributed by atoms with Gasteiger partial charge in [0.05, 0.1) is 16.6 Å². The second-order valence-electron chi connectivity index (χ2n) is 14.0. The number of methoxy groups -OCH3 is 1. The predicted molar refractivity (Wildman–Crippen MR) is 177 cm³/mol. The number of nitrogens with zero attached hydrogens (tertiary/aromatic N) is 3. The zero-order valence-electron chi connectivity index (χ0n) is 27.5. The quantitative estimate of drug-likeness (QED) is 0.174. The van der Waals surface area contributed by atoms with E-state index in [1.54, 1.807) is 19.2 Å². The fourth-order valence-corrected chi connectivity index (χ4v) is 7.34. The molecule has 2 fully saturated rings. The number of ether oxygens (including phenoxy) is 2. The molecule has 10 nitrogen and oxygen atoms in total. The van der Waals surface area contributed by atoms with Crippen LogP contribution in [0.3, 0.4) is 0 Å². The molecule has 2 saturated carbocycles. The minimum Gasteiger partial charge on any atom is -0.475 e. The van der Waals surface area contributed by atoms with Gasteiger partial charge in [-0.2, -0.15) is 4.98 Å². The van der Waals surface area contributed by atoms with Crippen LogP contribution in [-0.4, -0.2) is 67.9 Å². The topological polar surface area (TPSA) is 131 Å². The highest BCUT2D eigenvalue weighted by atomic mass is 32.2. The number of nitrogens with one attached hydrogen (secondary N) is 1. The number of carbonyl (C=O) groups is 2. The van der Waals surface area contributed by atoms with E-state index >= 15 is 0 Å². The molecule has 0 bridgehead atoms. The Balaban J connectivity index is 1.49. The largest absolute Gasteiger partial charge is 0.475 e. The van der Waals surface area contributed by atoms with Gasteiger partial charge < -0.3 is 24.2 Å². The fourth-order valence-electron chi connectivity index (χ4n) is 6.91. The Bertz CT molecular complexity index is 1600. The molecule has 1 aromatic heterocycles. The van der Waals surface area contributed by atoms with Crippen LogP contribution in [0.2, 0.25) is 0 Å². The van der Waals surface area contributed by atoms with Crippen LogP contribution in [0, 0.1) is 24.7 Å². The highest BCUT2D eigenvalue weighted by Gasteiger charge is 2.55. The van der Waals surface area contributed by atoms with Gasteiger partial charge in [-0.15, -0.1) is 0 Å². The Morgan fingerprint density at radius 3 is 2.39 bits per heavy atom. The maximum absolute atomic E-state index is 14.3. The van der Waals surface area contributed by atoms with E-state index in [9.17, 15) is 18.4 Å². The second-order valence-corrected chi connectivity index (χ2v) is 14.9. The molecule has 1 heterocycles. The Morgan fingerprint density at radius 2 is 1.78 bits per heavy atom. The third kappa shape index (κ3) is 7.65. The number of Topliss-reactive ketones (excluding diaryl/α,β-unsaturated/α-hetero) is 1. The first-order valence-electron chi connectivity index (χ1n) is 15.6. The summed E-state index contributed by atoms with van der Waals surface area (Å²) in [6.45, 7) is 10.8. The molecule has 3 aromatic rings. The van der Waals surface area contributed by atoms with Crippen LogP contribution in [0.25, 0.3) is 11.3 Å². The summed E-state index contributed by atoms with van der Waals surface area (Å²) in [5.74, 6) is 0.772. The molecule has 2 aliphatic rings. The van der Waals surface area contributed by atoms with Crippen LogP contribution >= 0.6 is 0 Å². The molecule has 246 valence electrons. The molecule has 11 heteroatoms. The molecule has 46 heavy (non-hydrogen) atoms. The zero-order chi connectivity index (χ0) is 33.2. The molecular formula is C35H44N4O6S. The molecule has 5 rings (SSSR count). The van der Waals surface area contributed by atoms with Gasteiger partial charge in [0.15, 0.2) is 11.1 Å². The Morgan fingerprint density at radius 1 is 1.11 bits per heavy atom. The lowest BCUT2D eigenvalue weighted by atomic mass is 9.53. The number of benzene rings is 2. The van der Waals surface area contributed by atoms with E-state index in [0.29, 0.717) is 42.3 Å². The summed E-state index contributed by atoms with van der Waals surface area (Å²) in [6, 6.07) is 13.8. The normalized spacial score (nSPS) is 17.2. The van der Waals surface area contributed by atoms with Gasteiger partial charge in [0, 0.05) is 43.2 Å². The lowest BCUT2D eigenvalue weighted by Crippen LogP contribution is -2.61. The van der Waals surface area contributed by atoms with Crippen molar-refractivity contribution in [1.29, 1.82) is 0 Å². The summed E-state index contributed by atoms with van der Waals surface area (Å²) >= 11 is -2.22. The van der Waals surface area contributed by atoms with Crippen LogP contribution in [0.5, 0.6) is 5.88 Å². The van der Waals surface area contributed by atoms with E-state index in [-0.39, 0.29) is 52.8 Å².